The first-order valence-electron chi connectivity index (χ1n) is 10.2. The summed E-state index contributed by atoms with van der Waals surface area (Å²) in [5.41, 5.74) is 0.408. The van der Waals surface area contributed by atoms with E-state index in [0.29, 0.717) is 41.3 Å². The van der Waals surface area contributed by atoms with Crippen LogP contribution in [0.3, 0.4) is 0 Å². The molecule has 2 atom stereocenters. The van der Waals surface area contributed by atoms with Gasteiger partial charge >= 0.3 is 12.1 Å². The Bertz CT molecular complexity index is 921. The van der Waals surface area contributed by atoms with Gasteiger partial charge < -0.3 is 19.3 Å². The number of hydrogen-bond donors (Lipinski definition) is 1. The van der Waals surface area contributed by atoms with Gasteiger partial charge in [0.2, 0.25) is 5.75 Å². The fourth-order valence-electron chi connectivity index (χ4n) is 4.22. The Morgan fingerprint density at radius 1 is 1.00 bits per heavy atom. The second-order valence-corrected chi connectivity index (χ2v) is 7.57. The van der Waals surface area contributed by atoms with Crippen LogP contribution in [0.5, 0.6) is 17.2 Å². The number of ether oxygens (including phenoxy) is 3. The van der Waals surface area contributed by atoms with Gasteiger partial charge in [-0.15, -0.1) is 0 Å². The fraction of sp³-hybridized carbons (Fsp3) is 0.435. The summed E-state index contributed by atoms with van der Waals surface area (Å²) in [4.78, 5) is 13.8. The van der Waals surface area contributed by atoms with Crippen LogP contribution in [-0.2, 0) is 11.0 Å². The number of piperidine rings is 1. The third-order valence-electron chi connectivity index (χ3n) is 5.72. The van der Waals surface area contributed by atoms with Crippen LogP contribution in [-0.4, -0.2) is 49.9 Å². The van der Waals surface area contributed by atoms with Crippen molar-refractivity contribution in [3.8, 4) is 17.2 Å². The second kappa shape index (κ2) is 9.68. The molecule has 0 radical (unpaired) electrons. The maximum absolute atomic E-state index is 13.1. The minimum absolute atomic E-state index is 0.373. The molecule has 1 saturated heterocycles. The molecule has 6 nitrogen and oxygen atoms in total. The molecule has 1 aliphatic heterocycles. The van der Waals surface area contributed by atoms with Gasteiger partial charge in [-0.25, -0.2) is 0 Å². The van der Waals surface area contributed by atoms with Gasteiger partial charge in [0, 0.05) is 0 Å². The lowest BCUT2D eigenvalue weighted by molar-refractivity contribution is -0.145. The molecule has 0 aliphatic carbocycles. The first-order chi connectivity index (χ1) is 15.2. The van der Waals surface area contributed by atoms with E-state index in [1.165, 1.54) is 33.5 Å². The Balaban J connectivity index is 2.18. The van der Waals surface area contributed by atoms with Crippen LogP contribution in [0.25, 0.3) is 0 Å². The molecule has 1 N–H and O–H groups in total. The summed E-state index contributed by atoms with van der Waals surface area (Å²) in [7, 11) is 4.41. The Kier molecular flexibility index (Phi) is 7.18. The predicted molar refractivity (Wildman–Crippen MR) is 111 cm³/mol. The zero-order valence-corrected chi connectivity index (χ0v) is 18.1. The van der Waals surface area contributed by atoms with Crippen molar-refractivity contribution in [2.45, 2.75) is 37.5 Å². The zero-order valence-electron chi connectivity index (χ0n) is 18.1. The van der Waals surface area contributed by atoms with E-state index < -0.39 is 29.8 Å². The van der Waals surface area contributed by atoms with Gasteiger partial charge in [0.25, 0.3) is 0 Å². The van der Waals surface area contributed by atoms with Gasteiger partial charge in [0.1, 0.15) is 6.04 Å². The lowest BCUT2D eigenvalue weighted by atomic mass is 9.91. The number of benzene rings is 2. The molecule has 9 heteroatoms. The van der Waals surface area contributed by atoms with E-state index in [0.717, 1.165) is 25.0 Å². The molecule has 2 aromatic carbocycles. The molecule has 2 aromatic rings. The molecule has 1 aliphatic rings. The van der Waals surface area contributed by atoms with E-state index in [4.69, 9.17) is 14.2 Å². The molecule has 0 spiro atoms. The maximum Gasteiger partial charge on any atom is 0.416 e. The molecule has 1 heterocycles. The Hall–Kier alpha value is -2.94. The number of likely N-dealkylation sites (tertiary alicyclic amines) is 1. The smallest absolute Gasteiger partial charge is 0.416 e. The average molecular weight is 453 g/mol. The number of aliphatic carboxylic acids is 1. The van der Waals surface area contributed by atoms with Crippen LogP contribution >= 0.6 is 0 Å². The average Bonchev–Trinajstić information content (AvgIpc) is 2.78. The number of nitrogens with zero attached hydrogens (tertiary/aromatic N) is 1. The van der Waals surface area contributed by atoms with Gasteiger partial charge in [-0.05, 0) is 54.8 Å². The minimum atomic E-state index is -4.46. The molecule has 0 bridgehead atoms. The minimum Gasteiger partial charge on any atom is -0.493 e. The highest BCUT2D eigenvalue weighted by Gasteiger charge is 2.37. The van der Waals surface area contributed by atoms with Crippen molar-refractivity contribution < 1.29 is 37.3 Å². The number of halogens is 3. The first kappa shape index (κ1) is 23.7. The number of carboxylic acid groups (broad SMARTS) is 1. The van der Waals surface area contributed by atoms with E-state index in [9.17, 15) is 23.1 Å². The third-order valence-corrected chi connectivity index (χ3v) is 5.72. The molecule has 2 unspecified atom stereocenters. The largest absolute Gasteiger partial charge is 0.493 e. The Morgan fingerprint density at radius 3 is 2.06 bits per heavy atom. The molecule has 0 saturated carbocycles. The number of rotatable bonds is 7. The topological polar surface area (TPSA) is 68.2 Å². The standard InChI is InChI=1S/C23H26F3NO5/c1-30-18-12-15(13-19(31-2)21(18)32-3)20(27-11-5-4-6-17(27)22(28)29)14-7-9-16(10-8-14)23(24,25)26/h7-10,12-13,17,20H,4-6,11H2,1-3H3,(H,28,29). The normalized spacial score (nSPS) is 18.1. The van der Waals surface area contributed by atoms with Crippen molar-refractivity contribution >= 4 is 5.97 Å². The van der Waals surface area contributed by atoms with Gasteiger partial charge in [-0.2, -0.15) is 13.2 Å². The van der Waals surface area contributed by atoms with Crippen molar-refractivity contribution in [1.82, 2.24) is 4.90 Å². The van der Waals surface area contributed by atoms with E-state index in [1.807, 2.05) is 4.90 Å². The van der Waals surface area contributed by atoms with Gasteiger partial charge in [-0.1, -0.05) is 18.6 Å². The molecule has 0 aromatic heterocycles. The van der Waals surface area contributed by atoms with Crippen LogP contribution in [0, 0.1) is 0 Å². The van der Waals surface area contributed by atoms with Crippen molar-refractivity contribution in [1.29, 1.82) is 0 Å². The highest BCUT2D eigenvalue weighted by Crippen LogP contribution is 2.44. The van der Waals surface area contributed by atoms with E-state index in [-0.39, 0.29) is 0 Å². The summed E-state index contributed by atoms with van der Waals surface area (Å²) >= 11 is 0. The molecular weight excluding hydrogens is 427 g/mol. The van der Waals surface area contributed by atoms with Crippen molar-refractivity contribution in [2.75, 3.05) is 27.9 Å². The molecule has 174 valence electrons. The van der Waals surface area contributed by atoms with Crippen LogP contribution in [0.2, 0.25) is 0 Å². The number of methoxy groups -OCH3 is 3. The van der Waals surface area contributed by atoms with Crippen LogP contribution in [0.15, 0.2) is 36.4 Å². The van der Waals surface area contributed by atoms with Crippen LogP contribution < -0.4 is 14.2 Å². The Labute approximate surface area is 184 Å². The van der Waals surface area contributed by atoms with E-state index in [1.54, 1.807) is 12.1 Å². The zero-order chi connectivity index (χ0) is 23.5. The highest BCUT2D eigenvalue weighted by molar-refractivity contribution is 5.74. The van der Waals surface area contributed by atoms with Crippen LogP contribution in [0.1, 0.15) is 42.0 Å². The number of carbonyl (C=O) groups is 1. The summed E-state index contributed by atoms with van der Waals surface area (Å²) < 4.78 is 55.6. The highest BCUT2D eigenvalue weighted by atomic mass is 19.4. The SMILES string of the molecule is COc1cc(C(c2ccc(C(F)(F)F)cc2)N2CCCCC2C(=O)O)cc(OC)c1OC. The van der Waals surface area contributed by atoms with Crippen molar-refractivity contribution in [3.63, 3.8) is 0 Å². The van der Waals surface area contributed by atoms with Gasteiger partial charge in [0.15, 0.2) is 11.5 Å². The Morgan fingerprint density at radius 2 is 1.59 bits per heavy atom. The number of hydrogen-bond acceptors (Lipinski definition) is 5. The lowest BCUT2D eigenvalue weighted by Gasteiger charge is -2.40. The van der Waals surface area contributed by atoms with Crippen molar-refractivity contribution in [2.24, 2.45) is 0 Å². The quantitative estimate of drug-likeness (QED) is 0.652. The summed E-state index contributed by atoms with van der Waals surface area (Å²) in [5.74, 6) is 0.165. The summed E-state index contributed by atoms with van der Waals surface area (Å²) in [6.45, 7) is 0.485. The maximum atomic E-state index is 13.1. The molecule has 1 fully saturated rings. The van der Waals surface area contributed by atoms with E-state index in [2.05, 4.69) is 0 Å². The van der Waals surface area contributed by atoms with Crippen molar-refractivity contribution in [3.05, 3.63) is 53.1 Å². The second-order valence-electron chi connectivity index (χ2n) is 7.57. The summed E-state index contributed by atoms with van der Waals surface area (Å²) in [6.07, 6.45) is -2.46. The molecular formula is C23H26F3NO5. The molecule has 3 rings (SSSR count). The number of carboxylic acids is 1. The lowest BCUT2D eigenvalue weighted by Crippen LogP contribution is -2.46. The monoisotopic (exact) mass is 453 g/mol. The first-order valence-corrected chi connectivity index (χ1v) is 10.2. The molecule has 0 amide bonds. The summed E-state index contributed by atoms with van der Waals surface area (Å²) in [6, 6.07) is 6.84. The van der Waals surface area contributed by atoms with Gasteiger partial charge in [-0.3, -0.25) is 9.69 Å². The van der Waals surface area contributed by atoms with Gasteiger partial charge in [0.05, 0.1) is 32.9 Å². The third kappa shape index (κ3) is 4.77. The van der Waals surface area contributed by atoms with E-state index >= 15 is 0 Å². The predicted octanol–water partition coefficient (Wildman–Crippen LogP) is 4.76. The number of alkyl halides is 3. The van der Waals surface area contributed by atoms with Crippen LogP contribution in [0.4, 0.5) is 13.2 Å². The summed E-state index contributed by atoms with van der Waals surface area (Å²) in [5, 5.41) is 9.83. The molecule has 32 heavy (non-hydrogen) atoms. The fourth-order valence-corrected chi connectivity index (χ4v) is 4.22.